The Balaban J connectivity index is 2.07. The molecule has 0 bridgehead atoms. The molecule has 1 aromatic heterocycles. The summed E-state index contributed by atoms with van der Waals surface area (Å²) < 4.78 is 16.0. The molecule has 0 spiro atoms. The SMILES string of the molecule is COc1cc(OC)c(Nc2nc3ccccc3nc2C(=O)OCC(C)C)cc1Cl. The molecule has 7 nitrogen and oxygen atoms in total. The highest BCUT2D eigenvalue weighted by molar-refractivity contribution is 6.32. The Kier molecular flexibility index (Phi) is 6.39. The number of carbonyl (C=O) groups is 1. The Labute approximate surface area is 174 Å². The summed E-state index contributed by atoms with van der Waals surface area (Å²) in [4.78, 5) is 21.7. The van der Waals surface area contributed by atoms with Gasteiger partial charge in [-0.1, -0.05) is 37.6 Å². The Hall–Kier alpha value is -3.06. The van der Waals surface area contributed by atoms with Crippen molar-refractivity contribution in [1.82, 2.24) is 9.97 Å². The van der Waals surface area contributed by atoms with E-state index in [-0.39, 0.29) is 24.0 Å². The number of fused-ring (bicyclic) bond motifs is 1. The van der Waals surface area contributed by atoms with Gasteiger partial charge in [0.1, 0.15) is 11.5 Å². The second-order valence-corrected chi connectivity index (χ2v) is 7.12. The summed E-state index contributed by atoms with van der Waals surface area (Å²) in [6.07, 6.45) is 0. The molecule has 0 aliphatic rings. The molecule has 0 atom stereocenters. The minimum absolute atomic E-state index is 0.0818. The standard InChI is InChI=1S/C21H22ClN3O4/c1-12(2)11-29-21(26)19-20(24-15-8-6-5-7-14(15)23-19)25-16-9-13(22)17(27-3)10-18(16)28-4/h5-10,12H,11H2,1-4H3,(H,24,25). The van der Waals surface area contributed by atoms with E-state index >= 15 is 0 Å². The first-order valence-electron chi connectivity index (χ1n) is 9.05. The van der Waals surface area contributed by atoms with Crippen molar-refractivity contribution in [3.05, 3.63) is 47.1 Å². The van der Waals surface area contributed by atoms with Gasteiger partial charge in [0.15, 0.2) is 11.5 Å². The van der Waals surface area contributed by atoms with Gasteiger partial charge in [-0.05, 0) is 24.1 Å². The molecule has 0 radical (unpaired) electrons. The Morgan fingerprint density at radius 3 is 2.34 bits per heavy atom. The van der Waals surface area contributed by atoms with Crippen LogP contribution >= 0.6 is 11.6 Å². The lowest BCUT2D eigenvalue weighted by molar-refractivity contribution is 0.0453. The molecule has 8 heteroatoms. The van der Waals surface area contributed by atoms with E-state index in [0.717, 1.165) is 0 Å². The molecule has 2 aromatic carbocycles. The molecular weight excluding hydrogens is 394 g/mol. The first kappa shape index (κ1) is 20.7. The zero-order valence-corrected chi connectivity index (χ0v) is 17.4. The van der Waals surface area contributed by atoms with Crippen molar-refractivity contribution in [2.45, 2.75) is 13.8 Å². The van der Waals surface area contributed by atoms with E-state index in [1.54, 1.807) is 18.2 Å². The van der Waals surface area contributed by atoms with E-state index in [1.165, 1.54) is 14.2 Å². The van der Waals surface area contributed by atoms with Gasteiger partial charge in [-0.2, -0.15) is 0 Å². The summed E-state index contributed by atoms with van der Waals surface area (Å²) in [6, 6.07) is 10.6. The Morgan fingerprint density at radius 1 is 1.07 bits per heavy atom. The highest BCUT2D eigenvalue weighted by Crippen LogP contribution is 2.37. The Morgan fingerprint density at radius 2 is 1.72 bits per heavy atom. The van der Waals surface area contributed by atoms with E-state index in [2.05, 4.69) is 15.3 Å². The summed E-state index contributed by atoms with van der Waals surface area (Å²) in [5, 5.41) is 3.49. The predicted molar refractivity (Wildman–Crippen MR) is 112 cm³/mol. The van der Waals surface area contributed by atoms with Crippen LogP contribution in [0.15, 0.2) is 36.4 Å². The number of anilines is 2. The van der Waals surface area contributed by atoms with Gasteiger partial charge in [0, 0.05) is 6.07 Å². The van der Waals surface area contributed by atoms with Gasteiger partial charge in [0.05, 0.1) is 42.6 Å². The molecule has 29 heavy (non-hydrogen) atoms. The number of ether oxygens (including phenoxy) is 3. The average Bonchev–Trinajstić information content (AvgIpc) is 2.71. The minimum atomic E-state index is -0.557. The van der Waals surface area contributed by atoms with Gasteiger partial charge < -0.3 is 19.5 Å². The third kappa shape index (κ3) is 4.68. The first-order chi connectivity index (χ1) is 13.9. The number of nitrogens with zero attached hydrogens (tertiary/aromatic N) is 2. The molecule has 1 N–H and O–H groups in total. The molecule has 0 fully saturated rings. The monoisotopic (exact) mass is 415 g/mol. The van der Waals surface area contributed by atoms with Crippen LogP contribution in [0.2, 0.25) is 5.02 Å². The lowest BCUT2D eigenvalue weighted by atomic mass is 10.2. The van der Waals surface area contributed by atoms with Crippen LogP contribution in [-0.2, 0) is 4.74 Å². The summed E-state index contributed by atoms with van der Waals surface area (Å²) in [5.74, 6) is 0.831. The van der Waals surface area contributed by atoms with Crippen LogP contribution in [0.3, 0.4) is 0 Å². The van der Waals surface area contributed by atoms with Gasteiger partial charge in [-0.15, -0.1) is 0 Å². The van der Waals surface area contributed by atoms with Crippen LogP contribution in [-0.4, -0.2) is 36.8 Å². The molecule has 0 aliphatic carbocycles. The number of aromatic nitrogens is 2. The number of rotatable bonds is 7. The molecule has 0 saturated carbocycles. The highest BCUT2D eigenvalue weighted by atomic mass is 35.5. The summed E-state index contributed by atoms with van der Waals surface area (Å²) in [5.41, 5.74) is 1.82. The van der Waals surface area contributed by atoms with Gasteiger partial charge in [0.25, 0.3) is 0 Å². The molecule has 0 aliphatic heterocycles. The molecule has 3 aromatic rings. The van der Waals surface area contributed by atoms with Crippen LogP contribution < -0.4 is 14.8 Å². The van der Waals surface area contributed by atoms with Crippen molar-refractivity contribution in [1.29, 1.82) is 0 Å². The molecule has 0 saturated heterocycles. The van der Waals surface area contributed by atoms with Gasteiger partial charge in [-0.25, -0.2) is 14.8 Å². The third-order valence-corrected chi connectivity index (χ3v) is 4.33. The van der Waals surface area contributed by atoms with Crippen molar-refractivity contribution < 1.29 is 19.0 Å². The van der Waals surface area contributed by atoms with E-state index in [9.17, 15) is 4.79 Å². The molecule has 0 unspecified atom stereocenters. The van der Waals surface area contributed by atoms with Crippen LogP contribution in [0.4, 0.5) is 11.5 Å². The van der Waals surface area contributed by atoms with Gasteiger partial charge in [-0.3, -0.25) is 0 Å². The van der Waals surface area contributed by atoms with Crippen LogP contribution in [0.25, 0.3) is 11.0 Å². The molecule has 152 valence electrons. The first-order valence-corrected chi connectivity index (χ1v) is 9.43. The highest BCUT2D eigenvalue weighted by Gasteiger charge is 2.20. The summed E-state index contributed by atoms with van der Waals surface area (Å²) in [7, 11) is 3.04. The summed E-state index contributed by atoms with van der Waals surface area (Å²) >= 11 is 6.26. The lowest BCUT2D eigenvalue weighted by Gasteiger charge is -2.16. The van der Waals surface area contributed by atoms with Crippen molar-refractivity contribution in [2.24, 2.45) is 5.92 Å². The normalized spacial score (nSPS) is 10.8. The number of nitrogens with one attached hydrogen (secondary N) is 1. The number of hydrogen-bond acceptors (Lipinski definition) is 7. The van der Waals surface area contributed by atoms with Crippen LogP contribution in [0, 0.1) is 5.92 Å². The van der Waals surface area contributed by atoms with Gasteiger partial charge in [0.2, 0.25) is 0 Å². The fourth-order valence-electron chi connectivity index (χ4n) is 2.63. The maximum atomic E-state index is 12.7. The molecular formula is C21H22ClN3O4. The van der Waals surface area contributed by atoms with Crippen LogP contribution in [0.5, 0.6) is 11.5 Å². The van der Waals surface area contributed by atoms with Crippen molar-refractivity contribution >= 4 is 40.1 Å². The number of halogens is 1. The predicted octanol–water partition coefficient (Wildman–Crippen LogP) is 4.86. The fraction of sp³-hybridized carbons (Fsp3) is 0.286. The quantitative estimate of drug-likeness (QED) is 0.552. The third-order valence-electron chi connectivity index (χ3n) is 4.04. The molecule has 3 rings (SSSR count). The number of para-hydroxylation sites is 2. The lowest BCUT2D eigenvalue weighted by Crippen LogP contribution is -2.15. The largest absolute Gasteiger partial charge is 0.495 e. The second kappa shape index (κ2) is 8.96. The number of carbonyl (C=O) groups excluding carboxylic acids is 1. The number of methoxy groups -OCH3 is 2. The van der Waals surface area contributed by atoms with Gasteiger partial charge >= 0.3 is 5.97 Å². The second-order valence-electron chi connectivity index (χ2n) is 6.71. The van der Waals surface area contributed by atoms with E-state index in [0.29, 0.717) is 33.2 Å². The van der Waals surface area contributed by atoms with E-state index in [4.69, 9.17) is 25.8 Å². The topological polar surface area (TPSA) is 82.6 Å². The van der Waals surface area contributed by atoms with Crippen LogP contribution in [0.1, 0.15) is 24.3 Å². The van der Waals surface area contributed by atoms with Crippen molar-refractivity contribution in [3.63, 3.8) is 0 Å². The maximum Gasteiger partial charge on any atom is 0.360 e. The van der Waals surface area contributed by atoms with E-state index in [1.807, 2.05) is 32.0 Å². The number of benzene rings is 2. The fourth-order valence-corrected chi connectivity index (χ4v) is 2.87. The minimum Gasteiger partial charge on any atom is -0.495 e. The average molecular weight is 416 g/mol. The molecule has 0 amide bonds. The number of hydrogen-bond donors (Lipinski definition) is 1. The number of esters is 1. The van der Waals surface area contributed by atoms with E-state index < -0.39 is 5.97 Å². The zero-order valence-electron chi connectivity index (χ0n) is 16.7. The maximum absolute atomic E-state index is 12.7. The zero-order chi connectivity index (χ0) is 21.0. The smallest absolute Gasteiger partial charge is 0.360 e. The van der Waals surface area contributed by atoms with Crippen molar-refractivity contribution in [3.8, 4) is 11.5 Å². The van der Waals surface area contributed by atoms with Crippen molar-refractivity contribution in [2.75, 3.05) is 26.1 Å². The Bertz CT molecular complexity index is 1040. The summed E-state index contributed by atoms with van der Waals surface area (Å²) in [6.45, 7) is 4.20. The molecule has 1 heterocycles.